The zero-order chi connectivity index (χ0) is 22.6. The molecule has 2 rings (SSSR count). The van der Waals surface area contributed by atoms with Gasteiger partial charge in [-0.05, 0) is 36.1 Å². The van der Waals surface area contributed by atoms with E-state index in [1.165, 1.54) is 0 Å². The molecule has 0 radical (unpaired) electrons. The van der Waals surface area contributed by atoms with Crippen LogP contribution < -0.4 is 10.6 Å². The Morgan fingerprint density at radius 3 is 2.77 bits per heavy atom. The lowest BCUT2D eigenvalue weighted by atomic mass is 9.98. The first-order valence-corrected chi connectivity index (χ1v) is 9.52. The lowest BCUT2D eigenvalue weighted by Gasteiger charge is -2.19. The van der Waals surface area contributed by atoms with Crippen LogP contribution in [-0.4, -0.2) is 54.7 Å². The maximum absolute atomic E-state index is 12.5. The van der Waals surface area contributed by atoms with Gasteiger partial charge in [-0.3, -0.25) is 14.5 Å². The van der Waals surface area contributed by atoms with Crippen LogP contribution in [0.2, 0.25) is 0 Å². The number of benzene rings is 1. The van der Waals surface area contributed by atoms with E-state index in [9.17, 15) is 28.8 Å². The van der Waals surface area contributed by atoms with E-state index in [2.05, 4.69) is 15.6 Å². The van der Waals surface area contributed by atoms with Gasteiger partial charge < -0.3 is 20.5 Å². The number of carbonyl (C=O) groups is 4. The van der Waals surface area contributed by atoms with Crippen molar-refractivity contribution in [3.8, 4) is 0 Å². The van der Waals surface area contributed by atoms with Crippen molar-refractivity contribution in [3.05, 3.63) is 59.2 Å². The number of carboxylic acids is 1. The minimum absolute atomic E-state index is 0.0553. The maximum atomic E-state index is 12.5. The van der Waals surface area contributed by atoms with E-state index in [0.29, 0.717) is 36.9 Å². The van der Waals surface area contributed by atoms with Gasteiger partial charge in [0.2, 0.25) is 6.41 Å². The van der Waals surface area contributed by atoms with Crippen molar-refractivity contribution < 1.29 is 38.5 Å². The van der Waals surface area contributed by atoms with Gasteiger partial charge in [0.25, 0.3) is 5.91 Å². The van der Waals surface area contributed by atoms with Crippen molar-refractivity contribution in [2.24, 2.45) is 0 Å². The van der Waals surface area contributed by atoms with E-state index in [1.807, 2.05) is 0 Å². The molecule has 166 valence electrons. The maximum Gasteiger partial charge on any atom is 0.374 e. The van der Waals surface area contributed by atoms with Crippen LogP contribution in [0, 0.1) is 0 Å². The van der Waals surface area contributed by atoms with Gasteiger partial charge in [-0.2, -0.15) is 0 Å². The van der Waals surface area contributed by atoms with Crippen molar-refractivity contribution >= 4 is 24.3 Å². The van der Waals surface area contributed by atoms with Crippen LogP contribution in [0.4, 0.5) is 4.53 Å². The Kier molecular flexibility index (Phi) is 9.37. The number of aliphatic carboxylic acids is 1. The number of rotatable bonds is 12. The van der Waals surface area contributed by atoms with Gasteiger partial charge >= 0.3 is 11.9 Å². The van der Waals surface area contributed by atoms with Crippen molar-refractivity contribution in [1.29, 1.82) is 0 Å². The SMILES string of the molecule is O=CNCCc1cccc(C(=O)NC(CC2=CCC(OCC(=O)OF)C=C2)C(=O)O)c1. The third-order valence-corrected chi connectivity index (χ3v) is 4.51. The molecular formula is C21H23FN2O7. The lowest BCUT2D eigenvalue weighted by molar-refractivity contribution is -0.189. The number of nitrogens with one attached hydrogen (secondary N) is 2. The van der Waals surface area contributed by atoms with Crippen molar-refractivity contribution in [3.63, 3.8) is 0 Å². The normalized spacial score (nSPS) is 16.0. The molecule has 1 aromatic carbocycles. The molecule has 31 heavy (non-hydrogen) atoms. The summed E-state index contributed by atoms with van der Waals surface area (Å²) < 4.78 is 16.8. The Morgan fingerprint density at radius 2 is 2.13 bits per heavy atom. The van der Waals surface area contributed by atoms with Crippen LogP contribution in [0.1, 0.15) is 28.8 Å². The summed E-state index contributed by atoms with van der Waals surface area (Å²) in [5.74, 6) is -2.84. The molecule has 1 aromatic rings. The molecule has 0 aliphatic heterocycles. The summed E-state index contributed by atoms with van der Waals surface area (Å²) in [6, 6.07) is 5.57. The highest BCUT2D eigenvalue weighted by molar-refractivity contribution is 5.96. The van der Waals surface area contributed by atoms with Crippen LogP contribution in [0.25, 0.3) is 0 Å². The molecule has 0 bridgehead atoms. The number of halogens is 1. The van der Waals surface area contributed by atoms with E-state index >= 15 is 0 Å². The van der Waals surface area contributed by atoms with Gasteiger partial charge in [0.1, 0.15) is 12.6 Å². The number of ether oxygens (including phenoxy) is 1. The number of amides is 2. The Bertz CT molecular complexity index is 869. The molecule has 2 atom stereocenters. The average molecular weight is 434 g/mol. The van der Waals surface area contributed by atoms with E-state index in [-0.39, 0.29) is 6.42 Å². The fourth-order valence-electron chi connectivity index (χ4n) is 2.94. The first kappa shape index (κ1) is 23.7. The molecule has 0 fully saturated rings. The smallest absolute Gasteiger partial charge is 0.374 e. The molecular weight excluding hydrogens is 411 g/mol. The number of carbonyl (C=O) groups excluding carboxylic acids is 3. The Labute approximate surface area is 177 Å². The fourth-order valence-corrected chi connectivity index (χ4v) is 2.94. The van der Waals surface area contributed by atoms with Crippen molar-refractivity contribution in [2.75, 3.05) is 13.2 Å². The Morgan fingerprint density at radius 1 is 1.32 bits per heavy atom. The van der Waals surface area contributed by atoms with E-state index < -0.39 is 36.6 Å². The molecule has 0 heterocycles. The van der Waals surface area contributed by atoms with Crippen molar-refractivity contribution in [1.82, 2.24) is 10.6 Å². The lowest BCUT2D eigenvalue weighted by Crippen LogP contribution is -2.41. The molecule has 2 amide bonds. The standard InChI is InChI=1S/C21H23FN2O7/c22-31-19(26)12-30-17-6-4-15(5-7-17)11-18(21(28)29)24-20(27)16-3-1-2-14(10-16)8-9-23-13-25/h1-6,10,13,17-18H,7-9,11-12H2,(H,23,25)(H,24,27)(H,28,29). The summed E-state index contributed by atoms with van der Waals surface area (Å²) in [5.41, 5.74) is 1.82. The third-order valence-electron chi connectivity index (χ3n) is 4.51. The van der Waals surface area contributed by atoms with Gasteiger partial charge in [0.05, 0.1) is 6.10 Å². The zero-order valence-electron chi connectivity index (χ0n) is 16.6. The second-order valence-electron chi connectivity index (χ2n) is 6.76. The van der Waals surface area contributed by atoms with E-state index in [1.54, 1.807) is 42.5 Å². The molecule has 1 aliphatic carbocycles. The predicted octanol–water partition coefficient (Wildman–Crippen LogP) is 1.25. The van der Waals surface area contributed by atoms with Gasteiger partial charge in [0, 0.05) is 23.1 Å². The van der Waals surface area contributed by atoms with Crippen LogP contribution in [-0.2, 0) is 30.5 Å². The molecule has 0 saturated carbocycles. The van der Waals surface area contributed by atoms with Crippen LogP contribution in [0.3, 0.4) is 0 Å². The highest BCUT2D eigenvalue weighted by atomic mass is 19.3. The van der Waals surface area contributed by atoms with Gasteiger partial charge in [-0.1, -0.05) is 30.4 Å². The highest BCUT2D eigenvalue weighted by Crippen LogP contribution is 2.18. The molecule has 9 nitrogen and oxygen atoms in total. The molecule has 10 heteroatoms. The summed E-state index contributed by atoms with van der Waals surface area (Å²) >= 11 is 0. The summed E-state index contributed by atoms with van der Waals surface area (Å²) in [7, 11) is 0. The summed E-state index contributed by atoms with van der Waals surface area (Å²) in [6.45, 7) is -0.112. The third kappa shape index (κ3) is 8.01. The largest absolute Gasteiger partial charge is 0.480 e. The number of allylic oxidation sites excluding steroid dienone is 1. The Balaban J connectivity index is 1.93. The molecule has 1 aliphatic rings. The van der Waals surface area contributed by atoms with E-state index in [0.717, 1.165) is 5.56 Å². The quantitative estimate of drug-likeness (QED) is 0.333. The van der Waals surface area contributed by atoms with Gasteiger partial charge in [-0.15, -0.1) is 0 Å². The molecule has 0 saturated heterocycles. The molecule has 3 N–H and O–H groups in total. The van der Waals surface area contributed by atoms with Crippen molar-refractivity contribution in [2.45, 2.75) is 31.4 Å². The first-order chi connectivity index (χ1) is 14.9. The van der Waals surface area contributed by atoms with Crippen LogP contribution in [0.5, 0.6) is 0 Å². The van der Waals surface area contributed by atoms with E-state index in [4.69, 9.17) is 4.74 Å². The molecule has 0 aromatic heterocycles. The minimum atomic E-state index is -1.18. The first-order valence-electron chi connectivity index (χ1n) is 9.52. The summed E-state index contributed by atoms with van der Waals surface area (Å²) in [5, 5.41) is 14.6. The molecule has 2 unspecified atom stereocenters. The minimum Gasteiger partial charge on any atom is -0.480 e. The van der Waals surface area contributed by atoms with Gasteiger partial charge in [0.15, 0.2) is 0 Å². The van der Waals surface area contributed by atoms with Gasteiger partial charge in [-0.25, -0.2) is 9.59 Å². The predicted molar refractivity (Wildman–Crippen MR) is 106 cm³/mol. The summed E-state index contributed by atoms with van der Waals surface area (Å²) in [6.07, 6.45) is 6.07. The highest BCUT2D eigenvalue weighted by Gasteiger charge is 2.23. The average Bonchev–Trinajstić information content (AvgIpc) is 2.78. The van der Waals surface area contributed by atoms with Crippen LogP contribution in [0.15, 0.2) is 48.1 Å². The van der Waals surface area contributed by atoms with Crippen LogP contribution >= 0.6 is 0 Å². The number of hydrogen-bond acceptors (Lipinski definition) is 6. The second kappa shape index (κ2) is 12.2. The Hall–Kier alpha value is -3.53. The topological polar surface area (TPSA) is 131 Å². The zero-order valence-corrected chi connectivity index (χ0v) is 16.6. The molecule has 0 spiro atoms. The second-order valence-corrected chi connectivity index (χ2v) is 6.76. The monoisotopic (exact) mass is 434 g/mol. The number of carboxylic acid groups (broad SMARTS) is 1. The number of hydrogen-bond donors (Lipinski definition) is 3. The summed E-state index contributed by atoms with van der Waals surface area (Å²) in [4.78, 5) is 48.3. The fraction of sp³-hybridized carbons (Fsp3) is 0.333.